The first-order valence-electron chi connectivity index (χ1n) is 17.3. The van der Waals surface area contributed by atoms with Gasteiger partial charge < -0.3 is 24.9 Å². The summed E-state index contributed by atoms with van der Waals surface area (Å²) in [4.78, 5) is 48.4. The van der Waals surface area contributed by atoms with E-state index in [-0.39, 0.29) is 29.6 Å². The molecule has 2 aliphatic heterocycles. The number of nitrogens with one attached hydrogen (secondary N) is 1. The summed E-state index contributed by atoms with van der Waals surface area (Å²) in [6, 6.07) is 11.1. The molecule has 2 fully saturated rings. The third kappa shape index (κ3) is 12.2. The molecule has 2 unspecified atom stereocenters. The molecule has 0 aromatic heterocycles. The lowest BCUT2D eigenvalue weighted by Crippen LogP contribution is -2.52. The van der Waals surface area contributed by atoms with Crippen LogP contribution < -0.4 is 5.32 Å². The van der Waals surface area contributed by atoms with Crippen molar-refractivity contribution in [2.75, 3.05) is 53.4 Å². The number of rotatable bonds is 12. The molecule has 270 valence electrons. The van der Waals surface area contributed by atoms with Crippen LogP contribution in [0.25, 0.3) is 0 Å². The normalized spacial score (nSPS) is 18.0. The second-order valence-electron chi connectivity index (χ2n) is 12.9. The fraction of sp³-hybridized carbons (Fsp3) is 0.568. The SMILES string of the molecule is CCCN1CCC(N2CCCC(CC(=O)NC)C2=O)CC1.CCO/N=C(/CN(C)C(=O)c1cc(C)cc(Cl)c1)C(C)c1ccc(Cl)c(Cl)c1. The number of piperidine rings is 2. The van der Waals surface area contributed by atoms with E-state index in [1.54, 1.807) is 37.2 Å². The van der Waals surface area contributed by atoms with Gasteiger partial charge in [-0.15, -0.1) is 0 Å². The van der Waals surface area contributed by atoms with Gasteiger partial charge in [0.1, 0.15) is 6.61 Å². The maximum atomic E-state index is 12.8. The Morgan fingerprint density at radius 3 is 2.37 bits per heavy atom. The van der Waals surface area contributed by atoms with Crippen molar-refractivity contribution in [3.63, 3.8) is 0 Å². The van der Waals surface area contributed by atoms with Gasteiger partial charge in [-0.2, -0.15) is 0 Å². The Labute approximate surface area is 307 Å². The standard InChI is InChI=1S/C21H23Cl3N2O2.C16H29N3O2/c1-5-28-25-20(14(3)15-6-7-18(23)19(24)11-15)12-26(4)21(27)16-8-13(2)9-17(22)10-16;1-3-8-18-10-6-14(7-11-18)19-9-4-5-13(16(19)21)12-15(20)17-2/h6-11,14H,5,12H2,1-4H3;13-14H,3-12H2,1-2H3,(H,17,20)/b25-20-;. The van der Waals surface area contributed by atoms with Crippen molar-refractivity contribution in [3.05, 3.63) is 68.2 Å². The smallest absolute Gasteiger partial charge is 0.253 e. The summed E-state index contributed by atoms with van der Waals surface area (Å²) < 4.78 is 0. The van der Waals surface area contributed by atoms with E-state index >= 15 is 0 Å². The number of hydrogen-bond acceptors (Lipinski definition) is 6. The van der Waals surface area contributed by atoms with Gasteiger partial charge in [-0.05, 0) is 94.0 Å². The third-order valence-electron chi connectivity index (χ3n) is 9.12. The maximum absolute atomic E-state index is 12.8. The number of amides is 3. The Hall–Kier alpha value is -2.85. The summed E-state index contributed by atoms with van der Waals surface area (Å²) in [5.41, 5.74) is 3.10. The van der Waals surface area contributed by atoms with Gasteiger partial charge in [0.2, 0.25) is 11.8 Å². The van der Waals surface area contributed by atoms with Crippen molar-refractivity contribution in [1.82, 2.24) is 20.0 Å². The maximum Gasteiger partial charge on any atom is 0.253 e. The predicted molar refractivity (Wildman–Crippen MR) is 200 cm³/mol. The molecule has 49 heavy (non-hydrogen) atoms. The van der Waals surface area contributed by atoms with E-state index in [1.807, 2.05) is 39.0 Å². The zero-order valence-corrected chi connectivity index (χ0v) is 32.0. The fourth-order valence-electron chi connectivity index (χ4n) is 6.39. The van der Waals surface area contributed by atoms with Crippen molar-refractivity contribution in [2.45, 2.75) is 78.2 Å². The van der Waals surface area contributed by atoms with Gasteiger partial charge in [-0.3, -0.25) is 14.4 Å². The average Bonchev–Trinajstić information content (AvgIpc) is 3.08. The molecule has 3 amide bonds. The van der Waals surface area contributed by atoms with E-state index in [0.29, 0.717) is 52.0 Å². The van der Waals surface area contributed by atoms with Gasteiger partial charge in [0.25, 0.3) is 5.91 Å². The molecule has 2 atom stereocenters. The Balaban J connectivity index is 0.000000276. The van der Waals surface area contributed by atoms with Crippen LogP contribution in [0, 0.1) is 12.8 Å². The van der Waals surface area contributed by atoms with Crippen molar-refractivity contribution in [1.29, 1.82) is 0 Å². The molecule has 0 saturated carbocycles. The summed E-state index contributed by atoms with van der Waals surface area (Å²) in [5, 5.41) is 8.37. The van der Waals surface area contributed by atoms with E-state index in [9.17, 15) is 14.4 Å². The molecule has 9 nitrogen and oxygen atoms in total. The lowest BCUT2D eigenvalue weighted by molar-refractivity contribution is -0.144. The first-order valence-corrected chi connectivity index (χ1v) is 18.4. The highest BCUT2D eigenvalue weighted by Gasteiger charge is 2.35. The first kappa shape index (κ1) is 40.6. The molecule has 2 heterocycles. The van der Waals surface area contributed by atoms with Crippen LogP contribution in [0.1, 0.15) is 86.7 Å². The van der Waals surface area contributed by atoms with E-state index in [0.717, 1.165) is 56.4 Å². The highest BCUT2D eigenvalue weighted by Crippen LogP contribution is 2.29. The summed E-state index contributed by atoms with van der Waals surface area (Å²) in [6.07, 6.45) is 5.60. The van der Waals surface area contributed by atoms with Gasteiger partial charge >= 0.3 is 0 Å². The van der Waals surface area contributed by atoms with E-state index in [4.69, 9.17) is 39.6 Å². The minimum atomic E-state index is -0.142. The average molecular weight is 737 g/mol. The van der Waals surface area contributed by atoms with Crippen LogP contribution in [-0.2, 0) is 14.4 Å². The van der Waals surface area contributed by atoms with E-state index < -0.39 is 0 Å². The second kappa shape index (κ2) is 20.1. The molecule has 0 bridgehead atoms. The zero-order valence-electron chi connectivity index (χ0n) is 29.7. The number of halogens is 3. The molecule has 2 aromatic carbocycles. The topological polar surface area (TPSA) is 94.5 Å². The third-order valence-corrected chi connectivity index (χ3v) is 10.1. The summed E-state index contributed by atoms with van der Waals surface area (Å²) >= 11 is 18.3. The number of benzene rings is 2. The lowest BCUT2D eigenvalue weighted by atomic mass is 9.90. The second-order valence-corrected chi connectivity index (χ2v) is 14.1. The molecular formula is C37H52Cl3N5O4. The van der Waals surface area contributed by atoms with Crippen molar-refractivity contribution >= 4 is 58.2 Å². The molecule has 0 spiro atoms. The van der Waals surface area contributed by atoms with Crippen molar-refractivity contribution in [3.8, 4) is 0 Å². The predicted octanol–water partition coefficient (Wildman–Crippen LogP) is 7.46. The first-order chi connectivity index (χ1) is 23.4. The monoisotopic (exact) mass is 735 g/mol. The van der Waals surface area contributed by atoms with E-state index in [1.165, 1.54) is 13.0 Å². The number of oxime groups is 1. The van der Waals surface area contributed by atoms with Crippen LogP contribution >= 0.6 is 34.8 Å². The number of carbonyl (C=O) groups is 3. The zero-order chi connectivity index (χ0) is 36.1. The number of carbonyl (C=O) groups excluding carboxylic acids is 3. The quantitative estimate of drug-likeness (QED) is 0.181. The van der Waals surface area contributed by atoms with Gasteiger partial charge in [0.05, 0.1) is 22.3 Å². The van der Waals surface area contributed by atoms with Gasteiger partial charge in [-0.1, -0.05) is 59.9 Å². The molecule has 2 aromatic rings. The van der Waals surface area contributed by atoms with Gasteiger partial charge in [0.15, 0.2) is 0 Å². The van der Waals surface area contributed by atoms with Gasteiger partial charge in [-0.25, -0.2) is 0 Å². The largest absolute Gasteiger partial charge is 0.396 e. The van der Waals surface area contributed by atoms with Crippen LogP contribution in [0.2, 0.25) is 15.1 Å². The Kier molecular flexibility index (Phi) is 16.7. The number of aryl methyl sites for hydroxylation is 1. The molecule has 0 radical (unpaired) electrons. The Bertz CT molecular complexity index is 1430. The van der Waals surface area contributed by atoms with Crippen molar-refractivity contribution in [2.24, 2.45) is 11.1 Å². The lowest BCUT2D eigenvalue weighted by Gasteiger charge is -2.42. The van der Waals surface area contributed by atoms with Crippen LogP contribution in [-0.4, -0.2) is 97.6 Å². The van der Waals surface area contributed by atoms with Gasteiger partial charge in [0, 0.05) is 68.6 Å². The Morgan fingerprint density at radius 1 is 1.04 bits per heavy atom. The molecule has 4 rings (SSSR count). The molecular weight excluding hydrogens is 685 g/mol. The summed E-state index contributed by atoms with van der Waals surface area (Å²) in [5.74, 6) is -0.173. The van der Waals surface area contributed by atoms with Crippen molar-refractivity contribution < 1.29 is 19.2 Å². The molecule has 0 aliphatic carbocycles. The Morgan fingerprint density at radius 2 is 1.76 bits per heavy atom. The van der Waals surface area contributed by atoms with Crippen LogP contribution in [0.5, 0.6) is 0 Å². The highest BCUT2D eigenvalue weighted by molar-refractivity contribution is 6.42. The summed E-state index contributed by atoms with van der Waals surface area (Å²) in [6.45, 7) is 12.9. The minimum absolute atomic E-state index is 0.0204. The van der Waals surface area contributed by atoms with Crippen LogP contribution in [0.3, 0.4) is 0 Å². The molecule has 2 saturated heterocycles. The van der Waals surface area contributed by atoms with E-state index in [2.05, 4.69) is 27.2 Å². The number of likely N-dealkylation sites (tertiary alicyclic amines) is 2. The minimum Gasteiger partial charge on any atom is -0.396 e. The fourth-order valence-corrected chi connectivity index (χ4v) is 6.98. The highest BCUT2D eigenvalue weighted by atomic mass is 35.5. The molecule has 1 N–H and O–H groups in total. The molecule has 12 heteroatoms. The summed E-state index contributed by atoms with van der Waals surface area (Å²) in [7, 11) is 3.36. The van der Waals surface area contributed by atoms with Crippen LogP contribution in [0.4, 0.5) is 0 Å². The number of nitrogens with zero attached hydrogens (tertiary/aromatic N) is 4. The van der Waals surface area contributed by atoms with Crippen LogP contribution in [0.15, 0.2) is 41.6 Å². The molecule has 2 aliphatic rings. The number of hydrogen-bond donors (Lipinski definition) is 1.